The van der Waals surface area contributed by atoms with Gasteiger partial charge in [0.25, 0.3) is 0 Å². The first kappa shape index (κ1) is 24.0. The van der Waals surface area contributed by atoms with Crippen molar-refractivity contribution in [2.24, 2.45) is 11.3 Å². The van der Waals surface area contributed by atoms with E-state index in [0.29, 0.717) is 25.6 Å². The highest BCUT2D eigenvalue weighted by Gasteiger charge is 2.52. The monoisotopic (exact) mass is 464 g/mol. The highest BCUT2D eigenvalue weighted by atomic mass is 32.1. The van der Waals surface area contributed by atoms with Gasteiger partial charge in [-0.3, -0.25) is 9.69 Å². The van der Waals surface area contributed by atoms with Gasteiger partial charge in [-0.05, 0) is 23.9 Å². The molecule has 1 aromatic rings. The van der Waals surface area contributed by atoms with E-state index in [1.165, 1.54) is 10.4 Å². The van der Waals surface area contributed by atoms with Crippen molar-refractivity contribution >= 4 is 23.2 Å². The highest BCUT2D eigenvalue weighted by Crippen LogP contribution is 2.45. The molecule has 0 spiro atoms. The lowest BCUT2D eigenvalue weighted by atomic mass is 9.77. The van der Waals surface area contributed by atoms with Gasteiger partial charge in [0.05, 0.1) is 26.4 Å². The van der Waals surface area contributed by atoms with E-state index in [1.807, 2.05) is 16.2 Å². The topological polar surface area (TPSA) is 79.3 Å². The van der Waals surface area contributed by atoms with Crippen molar-refractivity contribution in [3.05, 3.63) is 21.9 Å². The second-order valence-electron chi connectivity index (χ2n) is 8.24. The number of carbonyl (C=O) groups is 2. The maximum Gasteiger partial charge on any atom is 0.490 e. The number of aryl methyl sites for hydroxylation is 1. The number of amides is 1. The summed E-state index contributed by atoms with van der Waals surface area (Å²) in [5.41, 5.74) is 1.40. The van der Waals surface area contributed by atoms with Crippen LogP contribution < -0.4 is 0 Å². The molecule has 1 N–H and O–H groups in total. The molecule has 1 amide bonds. The minimum atomic E-state index is -5.08. The Hall–Kier alpha value is -1.69. The first-order chi connectivity index (χ1) is 14.6. The van der Waals surface area contributed by atoms with Crippen molar-refractivity contribution in [2.75, 3.05) is 52.6 Å². The molecule has 174 valence electrons. The zero-order valence-corrected chi connectivity index (χ0v) is 18.1. The van der Waals surface area contributed by atoms with Gasteiger partial charge < -0.3 is 19.5 Å². The second-order valence-corrected chi connectivity index (χ2v) is 9.24. The van der Waals surface area contributed by atoms with Crippen LogP contribution in [0.2, 0.25) is 0 Å². The van der Waals surface area contributed by atoms with Crippen molar-refractivity contribution in [1.82, 2.24) is 9.80 Å². The number of rotatable bonds is 4. The van der Waals surface area contributed by atoms with Crippen LogP contribution in [0.25, 0.3) is 0 Å². The van der Waals surface area contributed by atoms with Gasteiger partial charge in [-0.25, -0.2) is 4.79 Å². The predicted octanol–water partition coefficient (Wildman–Crippen LogP) is 2.39. The lowest BCUT2D eigenvalue weighted by Crippen LogP contribution is -2.44. The van der Waals surface area contributed by atoms with E-state index in [2.05, 4.69) is 23.3 Å². The molecule has 0 unspecified atom stereocenters. The number of aliphatic carboxylic acids is 1. The number of fused-ring (bicyclic) bond motifs is 1. The molecule has 0 radical (unpaired) electrons. The zero-order valence-electron chi connectivity index (χ0n) is 17.3. The molecule has 7 nitrogen and oxygen atoms in total. The molecule has 0 bridgehead atoms. The van der Waals surface area contributed by atoms with E-state index in [0.717, 1.165) is 45.9 Å². The summed E-state index contributed by atoms with van der Waals surface area (Å²) in [6, 6.07) is 2.19. The molecular formula is C20H27F3N2O5S. The van der Waals surface area contributed by atoms with Crippen molar-refractivity contribution in [2.45, 2.75) is 26.1 Å². The Morgan fingerprint density at radius 3 is 2.55 bits per heavy atom. The van der Waals surface area contributed by atoms with Gasteiger partial charge in [-0.15, -0.1) is 11.3 Å². The lowest BCUT2D eigenvalue weighted by Gasteiger charge is -2.32. The van der Waals surface area contributed by atoms with Gasteiger partial charge in [0.2, 0.25) is 5.91 Å². The fourth-order valence-electron chi connectivity index (χ4n) is 4.31. The Kier molecular flexibility index (Phi) is 7.61. The van der Waals surface area contributed by atoms with E-state index < -0.39 is 12.1 Å². The van der Waals surface area contributed by atoms with Crippen molar-refractivity contribution in [3.8, 4) is 0 Å². The SMILES string of the molecule is Cc1ccsc1CN1C[C@@H]2COC[C@]2(CC(=O)N2CCOCC2)C1.O=C(O)C(F)(F)F. The number of ether oxygens (including phenoxy) is 2. The Morgan fingerprint density at radius 2 is 1.97 bits per heavy atom. The smallest absolute Gasteiger partial charge is 0.475 e. The number of likely N-dealkylation sites (tertiary alicyclic amines) is 1. The van der Waals surface area contributed by atoms with Crippen molar-refractivity contribution < 1.29 is 37.3 Å². The van der Waals surface area contributed by atoms with Gasteiger partial charge in [0.15, 0.2) is 0 Å². The molecule has 0 aromatic carbocycles. The van der Waals surface area contributed by atoms with Crippen LogP contribution >= 0.6 is 11.3 Å². The summed E-state index contributed by atoms with van der Waals surface area (Å²) >= 11 is 1.84. The number of hydrogen-bond acceptors (Lipinski definition) is 6. The van der Waals surface area contributed by atoms with Crippen LogP contribution in [0.4, 0.5) is 13.2 Å². The molecule has 3 saturated heterocycles. The fourth-order valence-corrected chi connectivity index (χ4v) is 5.26. The number of thiophene rings is 1. The first-order valence-electron chi connectivity index (χ1n) is 10.1. The standard InChI is InChI=1S/C18H26N2O3S.C2HF3O2/c1-14-2-7-24-16(14)10-19-9-15-11-23-13-18(15,12-19)8-17(21)20-3-5-22-6-4-20;3-2(4,5)1(6)7/h2,7,15H,3-6,8-13H2,1H3;(H,6,7)/t15-,18+;/m1./s1. The summed E-state index contributed by atoms with van der Waals surface area (Å²) in [6.45, 7) is 9.56. The molecular weight excluding hydrogens is 437 g/mol. The molecule has 1 aromatic heterocycles. The Bertz CT molecular complexity index is 781. The Morgan fingerprint density at radius 1 is 1.29 bits per heavy atom. The average Bonchev–Trinajstić information content (AvgIpc) is 3.37. The number of carboxylic acids is 1. The third-order valence-corrected chi connectivity index (χ3v) is 7.04. The van der Waals surface area contributed by atoms with Crippen LogP contribution in [0.15, 0.2) is 11.4 Å². The van der Waals surface area contributed by atoms with Crippen LogP contribution in [0, 0.1) is 18.3 Å². The maximum atomic E-state index is 12.8. The van der Waals surface area contributed by atoms with E-state index in [9.17, 15) is 18.0 Å². The van der Waals surface area contributed by atoms with Gasteiger partial charge in [0.1, 0.15) is 0 Å². The number of morpholine rings is 1. The minimum absolute atomic E-state index is 0.0144. The quantitative estimate of drug-likeness (QED) is 0.737. The van der Waals surface area contributed by atoms with Crippen LogP contribution in [-0.2, 0) is 25.6 Å². The van der Waals surface area contributed by atoms with Crippen molar-refractivity contribution in [1.29, 1.82) is 0 Å². The average molecular weight is 465 g/mol. The molecule has 0 aliphatic carbocycles. The summed E-state index contributed by atoms with van der Waals surface area (Å²) in [5.74, 6) is -1.99. The van der Waals surface area contributed by atoms with Gasteiger partial charge in [0, 0.05) is 55.4 Å². The fraction of sp³-hybridized carbons (Fsp3) is 0.700. The third-order valence-electron chi connectivity index (χ3n) is 6.04. The van der Waals surface area contributed by atoms with Gasteiger partial charge in [-0.2, -0.15) is 13.2 Å². The van der Waals surface area contributed by atoms with Crippen LogP contribution in [0.3, 0.4) is 0 Å². The van der Waals surface area contributed by atoms with Crippen molar-refractivity contribution in [3.63, 3.8) is 0 Å². The normalized spacial score (nSPS) is 26.3. The molecule has 3 aliphatic rings. The van der Waals surface area contributed by atoms with E-state index in [4.69, 9.17) is 19.4 Å². The Balaban J connectivity index is 0.000000339. The lowest BCUT2D eigenvalue weighted by molar-refractivity contribution is -0.192. The summed E-state index contributed by atoms with van der Waals surface area (Å²) in [5, 5.41) is 9.29. The zero-order chi connectivity index (χ0) is 22.6. The predicted molar refractivity (Wildman–Crippen MR) is 107 cm³/mol. The molecule has 31 heavy (non-hydrogen) atoms. The number of carboxylic acid groups (broad SMARTS) is 1. The van der Waals surface area contributed by atoms with Crippen LogP contribution in [0.5, 0.6) is 0 Å². The molecule has 4 rings (SSSR count). The Labute approximate surface area is 182 Å². The minimum Gasteiger partial charge on any atom is -0.475 e. The summed E-state index contributed by atoms with van der Waals surface area (Å²) < 4.78 is 42.9. The second kappa shape index (κ2) is 9.85. The molecule has 2 atom stereocenters. The number of carbonyl (C=O) groups excluding carboxylic acids is 1. The van der Waals surface area contributed by atoms with E-state index in [-0.39, 0.29) is 11.3 Å². The number of nitrogens with zero attached hydrogens (tertiary/aromatic N) is 2. The number of alkyl halides is 3. The van der Waals surface area contributed by atoms with E-state index in [1.54, 1.807) is 0 Å². The largest absolute Gasteiger partial charge is 0.490 e. The summed E-state index contributed by atoms with van der Waals surface area (Å²) in [6.07, 6.45) is -4.46. The summed E-state index contributed by atoms with van der Waals surface area (Å²) in [4.78, 5) is 27.6. The molecule has 3 aliphatic heterocycles. The van der Waals surface area contributed by atoms with E-state index >= 15 is 0 Å². The molecule has 4 heterocycles. The highest BCUT2D eigenvalue weighted by molar-refractivity contribution is 7.10. The summed E-state index contributed by atoms with van der Waals surface area (Å²) in [7, 11) is 0. The number of halogens is 3. The third kappa shape index (κ3) is 5.97. The number of hydrogen-bond donors (Lipinski definition) is 1. The first-order valence-corrected chi connectivity index (χ1v) is 11.0. The van der Waals surface area contributed by atoms with Gasteiger partial charge in [-0.1, -0.05) is 0 Å². The molecule has 3 fully saturated rings. The molecule has 0 saturated carbocycles. The molecule has 11 heteroatoms. The van der Waals surface area contributed by atoms with Gasteiger partial charge >= 0.3 is 12.1 Å². The maximum absolute atomic E-state index is 12.8. The van der Waals surface area contributed by atoms with Crippen LogP contribution in [0.1, 0.15) is 16.9 Å². The van der Waals surface area contributed by atoms with Crippen LogP contribution in [-0.4, -0.2) is 85.6 Å².